The van der Waals surface area contributed by atoms with Crippen molar-refractivity contribution in [2.75, 3.05) is 0 Å². The highest BCUT2D eigenvalue weighted by Crippen LogP contribution is 2.75. The smallest absolute Gasteiger partial charge is 0.315 e. The number of rotatable bonds is 8. The maximum Gasteiger partial charge on any atom is 0.315 e. The molecule has 0 bridgehead atoms. The van der Waals surface area contributed by atoms with Gasteiger partial charge in [-0.05, 0) is 105 Å². The number of fused-ring (bicyclic) bond motifs is 6. The van der Waals surface area contributed by atoms with Crippen LogP contribution < -0.4 is 10.6 Å². The Bertz CT molecular complexity index is 1620. The second-order valence-electron chi connectivity index (χ2n) is 19.0. The Balaban J connectivity index is 1.29. The number of nitrogens with one attached hydrogen (secondary N) is 2. The molecule has 51 heavy (non-hydrogen) atoms. The van der Waals surface area contributed by atoms with Gasteiger partial charge in [-0.3, -0.25) is 14.4 Å². The number of hydrogen-bond acceptors (Lipinski definition) is 7. The van der Waals surface area contributed by atoms with E-state index in [2.05, 4.69) is 69.1 Å². The fourth-order valence-corrected chi connectivity index (χ4v) is 12.3. The van der Waals surface area contributed by atoms with Crippen LogP contribution in [0.3, 0.4) is 0 Å². The van der Waals surface area contributed by atoms with Gasteiger partial charge in [-0.1, -0.05) is 54.0 Å². The number of Topliss-reactive ketones (excluding diaryl/α,β-unsaturated/α-hetero) is 1. The van der Waals surface area contributed by atoms with Crippen molar-refractivity contribution in [2.24, 2.45) is 50.7 Å². The maximum absolute atomic E-state index is 13.9. The van der Waals surface area contributed by atoms with Gasteiger partial charge in [0.2, 0.25) is 0 Å². The van der Waals surface area contributed by atoms with Crippen molar-refractivity contribution >= 4 is 23.8 Å². The summed E-state index contributed by atoms with van der Waals surface area (Å²) in [7, 11) is 0. The lowest BCUT2D eigenvalue weighted by Gasteiger charge is -2.70. The van der Waals surface area contributed by atoms with Crippen LogP contribution in [0.1, 0.15) is 132 Å². The van der Waals surface area contributed by atoms with Crippen molar-refractivity contribution in [1.29, 1.82) is 0 Å². The van der Waals surface area contributed by atoms with Crippen molar-refractivity contribution in [3.05, 3.63) is 35.4 Å². The summed E-state index contributed by atoms with van der Waals surface area (Å²) in [5.41, 5.74) is 1.23. The standard InChI is InChI=1S/C41H60N4O6/c1-24(2)32-27(46)18-41(45-35(50)44-22-25-20-42-23-43-21-25)17-16-39(8)26(33(32)41)10-11-29-38(7)14-13-30(51-31(47)19-36(3,4)34(48)49)37(5,6)28(38)12-15-40(29,39)9/h20-21,23-24,28-30,32H,10-19,22H2,1-9H3,(H,48,49)(H2,44,45,50)/t28?,29?,30-,32?,38-,39+,40+,41+/m0/s1. The zero-order valence-corrected chi connectivity index (χ0v) is 32.3. The molecule has 4 fully saturated rings. The number of nitrogens with zero attached hydrogens (tertiary/aromatic N) is 2. The Morgan fingerprint density at radius 1 is 0.980 bits per heavy atom. The van der Waals surface area contributed by atoms with E-state index in [1.165, 1.54) is 17.5 Å². The number of aliphatic carboxylic acids is 1. The minimum absolute atomic E-state index is 0.00116. The van der Waals surface area contributed by atoms with E-state index in [0.29, 0.717) is 24.8 Å². The first-order valence-corrected chi connectivity index (χ1v) is 19.2. The lowest BCUT2D eigenvalue weighted by atomic mass is 9.34. The Labute approximate surface area is 303 Å². The summed E-state index contributed by atoms with van der Waals surface area (Å²) >= 11 is 0. The van der Waals surface area contributed by atoms with Gasteiger partial charge in [0, 0.05) is 42.3 Å². The van der Waals surface area contributed by atoms with Gasteiger partial charge in [0.15, 0.2) is 0 Å². The molecule has 4 saturated carbocycles. The van der Waals surface area contributed by atoms with E-state index in [1.54, 1.807) is 26.2 Å². The Kier molecular flexibility index (Phi) is 9.31. The highest BCUT2D eigenvalue weighted by molar-refractivity contribution is 5.92. The molecule has 3 N–H and O–H groups in total. The summed E-state index contributed by atoms with van der Waals surface area (Å²) in [5.74, 6) is -0.470. The molecule has 6 rings (SSSR count). The second kappa shape index (κ2) is 12.7. The molecular formula is C41H60N4O6. The number of ether oxygens (including phenoxy) is 1. The lowest BCUT2D eigenvalue weighted by Crippen LogP contribution is -2.65. The van der Waals surface area contributed by atoms with Gasteiger partial charge in [0.05, 0.1) is 17.4 Å². The quantitative estimate of drug-likeness (QED) is 0.187. The van der Waals surface area contributed by atoms with Crippen molar-refractivity contribution < 1.29 is 29.0 Å². The molecule has 0 radical (unpaired) electrons. The molecule has 1 aromatic rings. The molecule has 5 aliphatic rings. The normalized spacial score (nSPS) is 37.1. The Hall–Kier alpha value is -3.30. The SMILES string of the molecule is CC(C)C1C(=O)C[C@]2(NC(=O)NCc3cncnc3)CC[C@]3(C)C(=C12)CCC1[C@@]2(C)CC[C@H](OC(=O)CC(C)(C)C(=O)O)C(C)(C)C2CC[C@]13C. The Morgan fingerprint density at radius 3 is 2.31 bits per heavy atom. The monoisotopic (exact) mass is 704 g/mol. The molecule has 1 aromatic heterocycles. The first-order valence-electron chi connectivity index (χ1n) is 19.2. The molecule has 1 heterocycles. The number of carboxylic acids is 1. The van der Waals surface area contributed by atoms with E-state index in [9.17, 15) is 24.3 Å². The molecule has 0 spiro atoms. The molecule has 0 aromatic carbocycles. The van der Waals surface area contributed by atoms with Crippen molar-refractivity contribution in [3.63, 3.8) is 0 Å². The minimum Gasteiger partial charge on any atom is -0.481 e. The predicted molar refractivity (Wildman–Crippen MR) is 193 cm³/mol. The summed E-state index contributed by atoms with van der Waals surface area (Å²) in [6.45, 7) is 19.7. The molecule has 3 unspecified atom stereocenters. The van der Waals surface area contributed by atoms with Gasteiger partial charge in [-0.15, -0.1) is 0 Å². The fourth-order valence-electron chi connectivity index (χ4n) is 12.3. The van der Waals surface area contributed by atoms with Crippen LogP contribution in [0, 0.1) is 50.7 Å². The largest absolute Gasteiger partial charge is 0.481 e. The molecule has 0 aliphatic heterocycles. The third-order valence-corrected chi connectivity index (χ3v) is 15.1. The van der Waals surface area contributed by atoms with Crippen molar-refractivity contribution in [3.8, 4) is 0 Å². The van der Waals surface area contributed by atoms with Gasteiger partial charge in [0.1, 0.15) is 18.2 Å². The van der Waals surface area contributed by atoms with Gasteiger partial charge in [-0.25, -0.2) is 14.8 Å². The minimum atomic E-state index is -1.17. The van der Waals surface area contributed by atoms with E-state index in [4.69, 9.17) is 4.74 Å². The highest BCUT2D eigenvalue weighted by atomic mass is 16.5. The third kappa shape index (κ3) is 5.91. The zero-order chi connectivity index (χ0) is 37.4. The van der Waals surface area contributed by atoms with Gasteiger partial charge in [0.25, 0.3) is 0 Å². The number of hydrogen-bond donors (Lipinski definition) is 3. The first-order chi connectivity index (χ1) is 23.7. The molecule has 0 saturated heterocycles. The highest BCUT2D eigenvalue weighted by Gasteiger charge is 2.69. The van der Waals surface area contributed by atoms with Crippen molar-refractivity contribution in [1.82, 2.24) is 20.6 Å². The van der Waals surface area contributed by atoms with Crippen LogP contribution in [0.15, 0.2) is 29.9 Å². The fraction of sp³-hybridized carbons (Fsp3) is 0.756. The summed E-state index contributed by atoms with van der Waals surface area (Å²) in [6, 6.07) is -0.267. The van der Waals surface area contributed by atoms with Gasteiger partial charge >= 0.3 is 18.0 Å². The van der Waals surface area contributed by atoms with E-state index in [0.717, 1.165) is 56.9 Å². The molecular weight excluding hydrogens is 644 g/mol. The van der Waals surface area contributed by atoms with Crippen LogP contribution in [0.4, 0.5) is 4.79 Å². The number of allylic oxidation sites excluding steroid dienone is 1. The Morgan fingerprint density at radius 2 is 1.67 bits per heavy atom. The van der Waals surface area contributed by atoms with Gasteiger partial charge in [-0.2, -0.15) is 0 Å². The summed E-state index contributed by atoms with van der Waals surface area (Å²) < 4.78 is 6.14. The summed E-state index contributed by atoms with van der Waals surface area (Å²) in [6.07, 6.45) is 12.2. The second-order valence-corrected chi connectivity index (χ2v) is 19.0. The van der Waals surface area contributed by atoms with E-state index in [1.807, 2.05) is 0 Å². The average Bonchev–Trinajstić information content (AvgIpc) is 3.33. The number of urea groups is 1. The van der Waals surface area contributed by atoms with Crippen LogP contribution >= 0.6 is 0 Å². The average molecular weight is 705 g/mol. The first kappa shape index (κ1) is 37.5. The summed E-state index contributed by atoms with van der Waals surface area (Å²) in [4.78, 5) is 60.4. The lowest BCUT2D eigenvalue weighted by molar-refractivity contribution is -0.214. The third-order valence-electron chi connectivity index (χ3n) is 15.1. The van der Waals surface area contributed by atoms with E-state index >= 15 is 0 Å². The van der Waals surface area contributed by atoms with E-state index in [-0.39, 0.29) is 57.8 Å². The summed E-state index contributed by atoms with van der Waals surface area (Å²) in [5, 5.41) is 16.0. The number of carbonyl (C=O) groups is 4. The van der Waals surface area contributed by atoms with Crippen LogP contribution in [-0.2, 0) is 25.7 Å². The number of carbonyl (C=O) groups excluding carboxylic acids is 3. The molecule has 10 nitrogen and oxygen atoms in total. The number of carboxylic acid groups (broad SMARTS) is 1. The number of amides is 2. The topological polar surface area (TPSA) is 148 Å². The molecule has 280 valence electrons. The number of ketones is 1. The maximum atomic E-state index is 13.9. The predicted octanol–water partition coefficient (Wildman–Crippen LogP) is 7.42. The molecule has 8 atom stereocenters. The van der Waals surface area contributed by atoms with Crippen LogP contribution in [0.5, 0.6) is 0 Å². The van der Waals surface area contributed by atoms with Crippen LogP contribution in [-0.4, -0.2) is 50.5 Å². The molecule has 10 heteroatoms. The van der Waals surface area contributed by atoms with Crippen molar-refractivity contribution in [2.45, 2.75) is 145 Å². The van der Waals surface area contributed by atoms with Crippen LogP contribution in [0.2, 0.25) is 0 Å². The zero-order valence-electron chi connectivity index (χ0n) is 32.3. The van der Waals surface area contributed by atoms with Crippen LogP contribution in [0.25, 0.3) is 0 Å². The number of aromatic nitrogens is 2. The van der Waals surface area contributed by atoms with Gasteiger partial charge < -0.3 is 20.5 Å². The van der Waals surface area contributed by atoms with E-state index < -0.39 is 22.9 Å². The number of esters is 1. The molecule has 2 amide bonds. The molecule has 5 aliphatic carbocycles.